The van der Waals surface area contributed by atoms with E-state index < -0.39 is 6.09 Å². The van der Waals surface area contributed by atoms with Crippen LogP contribution in [0.4, 0.5) is 10.5 Å². The van der Waals surface area contributed by atoms with Crippen molar-refractivity contribution in [1.29, 1.82) is 0 Å². The molecular formula is C21H27N3O3. The zero-order valence-corrected chi connectivity index (χ0v) is 15.9. The first-order chi connectivity index (χ1) is 13.1. The van der Waals surface area contributed by atoms with Gasteiger partial charge in [-0.05, 0) is 29.8 Å². The predicted octanol–water partition coefficient (Wildman–Crippen LogP) is 2.91. The van der Waals surface area contributed by atoms with Crippen LogP contribution in [-0.4, -0.2) is 57.9 Å². The average molecular weight is 369 g/mol. The second-order valence-electron chi connectivity index (χ2n) is 6.73. The van der Waals surface area contributed by atoms with Crippen molar-refractivity contribution < 1.29 is 14.3 Å². The lowest BCUT2D eigenvalue weighted by Crippen LogP contribution is -2.44. The van der Waals surface area contributed by atoms with Crippen molar-refractivity contribution >= 4 is 11.8 Å². The highest BCUT2D eigenvalue weighted by molar-refractivity contribution is 5.70. The van der Waals surface area contributed by atoms with E-state index in [4.69, 9.17) is 9.47 Å². The van der Waals surface area contributed by atoms with Crippen LogP contribution < -0.4 is 15.0 Å². The molecule has 1 aliphatic rings. The van der Waals surface area contributed by atoms with Gasteiger partial charge >= 0.3 is 6.09 Å². The molecule has 6 heteroatoms. The number of ether oxygens (including phenoxy) is 2. The first-order valence-corrected chi connectivity index (χ1v) is 9.23. The molecule has 2 aromatic carbocycles. The molecule has 2 aromatic rings. The highest BCUT2D eigenvalue weighted by atomic mass is 16.6. The number of amides is 1. The SMILES string of the molecule is CN(C)c1ccc([C@@H](CNC(=O)Oc2ccccc2)N2CCOCC2)cc1. The molecule has 1 saturated heterocycles. The number of carbonyl (C=O) groups is 1. The molecule has 1 N–H and O–H groups in total. The van der Waals surface area contributed by atoms with Crippen LogP contribution in [0.5, 0.6) is 5.75 Å². The summed E-state index contributed by atoms with van der Waals surface area (Å²) in [6, 6.07) is 17.6. The molecule has 6 nitrogen and oxygen atoms in total. The number of benzene rings is 2. The molecule has 0 radical (unpaired) electrons. The quantitative estimate of drug-likeness (QED) is 0.849. The smallest absolute Gasteiger partial charge is 0.410 e. The van der Waals surface area contributed by atoms with Crippen LogP contribution in [0.1, 0.15) is 11.6 Å². The molecule has 1 atom stereocenters. The Balaban J connectivity index is 1.67. The Bertz CT molecular complexity index is 713. The van der Waals surface area contributed by atoms with Gasteiger partial charge in [-0.25, -0.2) is 4.79 Å². The van der Waals surface area contributed by atoms with E-state index in [9.17, 15) is 4.79 Å². The topological polar surface area (TPSA) is 54.0 Å². The second kappa shape index (κ2) is 9.39. The molecule has 0 bridgehead atoms. The number of hydrogen-bond acceptors (Lipinski definition) is 5. The number of hydrogen-bond donors (Lipinski definition) is 1. The van der Waals surface area contributed by atoms with Crippen LogP contribution in [0, 0.1) is 0 Å². The van der Waals surface area contributed by atoms with Gasteiger partial charge in [-0.15, -0.1) is 0 Å². The van der Waals surface area contributed by atoms with E-state index in [2.05, 4.69) is 39.4 Å². The number of nitrogens with one attached hydrogen (secondary N) is 1. The summed E-state index contributed by atoms with van der Waals surface area (Å²) < 4.78 is 10.8. The fourth-order valence-electron chi connectivity index (χ4n) is 3.15. The summed E-state index contributed by atoms with van der Waals surface area (Å²) in [4.78, 5) is 16.6. The Labute approximate surface area is 160 Å². The van der Waals surface area contributed by atoms with Gasteiger partial charge in [0.15, 0.2) is 0 Å². The maximum Gasteiger partial charge on any atom is 0.412 e. The van der Waals surface area contributed by atoms with Crippen LogP contribution in [0.15, 0.2) is 54.6 Å². The summed E-state index contributed by atoms with van der Waals surface area (Å²) in [5.74, 6) is 0.535. The van der Waals surface area contributed by atoms with E-state index in [0.29, 0.717) is 25.5 Å². The lowest BCUT2D eigenvalue weighted by molar-refractivity contribution is 0.0164. The van der Waals surface area contributed by atoms with Gasteiger partial charge in [-0.2, -0.15) is 0 Å². The van der Waals surface area contributed by atoms with Crippen LogP contribution in [0.2, 0.25) is 0 Å². The Hall–Kier alpha value is -2.57. The minimum Gasteiger partial charge on any atom is -0.410 e. The Morgan fingerprint density at radius 2 is 1.78 bits per heavy atom. The van der Waals surface area contributed by atoms with E-state index in [1.165, 1.54) is 5.56 Å². The molecule has 0 aliphatic carbocycles. The summed E-state index contributed by atoms with van der Waals surface area (Å²) in [5.41, 5.74) is 2.32. The summed E-state index contributed by atoms with van der Waals surface area (Å²) in [7, 11) is 4.05. The number of para-hydroxylation sites is 1. The lowest BCUT2D eigenvalue weighted by Gasteiger charge is -2.35. The molecule has 1 heterocycles. The summed E-state index contributed by atoms with van der Waals surface area (Å²) in [6.45, 7) is 3.58. The molecule has 0 unspecified atom stereocenters. The van der Waals surface area contributed by atoms with Crippen molar-refractivity contribution in [2.24, 2.45) is 0 Å². The molecule has 3 rings (SSSR count). The molecule has 0 spiro atoms. The molecule has 0 saturated carbocycles. The lowest BCUT2D eigenvalue weighted by atomic mass is 10.0. The summed E-state index contributed by atoms with van der Waals surface area (Å²) in [5, 5.41) is 2.91. The van der Waals surface area contributed by atoms with Crippen LogP contribution in [0.3, 0.4) is 0 Å². The maximum absolute atomic E-state index is 12.2. The Kier molecular flexibility index (Phi) is 6.68. The minimum absolute atomic E-state index is 0.0773. The van der Waals surface area contributed by atoms with Crippen LogP contribution in [0.25, 0.3) is 0 Å². The number of morpholine rings is 1. The Morgan fingerprint density at radius 3 is 2.41 bits per heavy atom. The van der Waals surface area contributed by atoms with Crippen molar-refractivity contribution in [1.82, 2.24) is 10.2 Å². The molecule has 1 aliphatic heterocycles. The van der Waals surface area contributed by atoms with Gasteiger partial charge in [0.1, 0.15) is 5.75 Å². The second-order valence-corrected chi connectivity index (χ2v) is 6.73. The van der Waals surface area contributed by atoms with E-state index in [-0.39, 0.29) is 6.04 Å². The van der Waals surface area contributed by atoms with Gasteiger partial charge in [-0.1, -0.05) is 30.3 Å². The Morgan fingerprint density at radius 1 is 1.11 bits per heavy atom. The predicted molar refractivity (Wildman–Crippen MR) is 106 cm³/mol. The molecule has 27 heavy (non-hydrogen) atoms. The molecule has 1 fully saturated rings. The van der Waals surface area contributed by atoms with E-state index in [1.807, 2.05) is 32.3 Å². The van der Waals surface area contributed by atoms with Gasteiger partial charge in [0.05, 0.1) is 19.3 Å². The summed E-state index contributed by atoms with van der Waals surface area (Å²) in [6.07, 6.45) is -0.440. The normalized spacial score (nSPS) is 15.8. The van der Waals surface area contributed by atoms with E-state index in [0.717, 1.165) is 18.8 Å². The monoisotopic (exact) mass is 369 g/mol. The van der Waals surface area contributed by atoms with Crippen molar-refractivity contribution in [3.63, 3.8) is 0 Å². The molecule has 1 amide bonds. The van der Waals surface area contributed by atoms with Crippen LogP contribution >= 0.6 is 0 Å². The number of nitrogens with zero attached hydrogens (tertiary/aromatic N) is 2. The third-order valence-electron chi connectivity index (χ3n) is 4.67. The third-order valence-corrected chi connectivity index (χ3v) is 4.67. The fourth-order valence-corrected chi connectivity index (χ4v) is 3.15. The number of rotatable bonds is 6. The van der Waals surface area contributed by atoms with Gasteiger partial charge in [-0.3, -0.25) is 4.90 Å². The molecule has 0 aromatic heterocycles. The fraction of sp³-hybridized carbons (Fsp3) is 0.381. The first kappa shape index (κ1) is 19.2. The first-order valence-electron chi connectivity index (χ1n) is 9.23. The summed E-state index contributed by atoms with van der Waals surface area (Å²) >= 11 is 0. The average Bonchev–Trinajstić information content (AvgIpc) is 2.70. The van der Waals surface area contributed by atoms with Crippen molar-refractivity contribution in [2.45, 2.75) is 6.04 Å². The van der Waals surface area contributed by atoms with E-state index in [1.54, 1.807) is 12.1 Å². The largest absolute Gasteiger partial charge is 0.412 e. The van der Waals surface area contributed by atoms with Crippen molar-refractivity contribution in [3.8, 4) is 5.75 Å². The maximum atomic E-state index is 12.2. The zero-order chi connectivity index (χ0) is 19.1. The van der Waals surface area contributed by atoms with Crippen molar-refractivity contribution in [2.75, 3.05) is 51.8 Å². The number of anilines is 1. The molecular weight excluding hydrogens is 342 g/mol. The van der Waals surface area contributed by atoms with Crippen molar-refractivity contribution in [3.05, 3.63) is 60.2 Å². The van der Waals surface area contributed by atoms with Crippen LogP contribution in [-0.2, 0) is 4.74 Å². The minimum atomic E-state index is -0.440. The number of carbonyl (C=O) groups excluding carboxylic acids is 1. The van der Waals surface area contributed by atoms with Gasteiger partial charge in [0.25, 0.3) is 0 Å². The zero-order valence-electron chi connectivity index (χ0n) is 15.9. The highest BCUT2D eigenvalue weighted by Gasteiger charge is 2.23. The molecule has 144 valence electrons. The highest BCUT2D eigenvalue weighted by Crippen LogP contribution is 2.24. The third kappa shape index (κ3) is 5.45. The standard InChI is InChI=1S/C21H27N3O3/c1-23(2)18-10-8-17(9-11-18)20(24-12-14-26-15-13-24)16-22-21(25)27-19-6-4-3-5-7-19/h3-11,20H,12-16H2,1-2H3,(H,22,25)/t20-/m1/s1. The van der Waals surface area contributed by atoms with Gasteiger partial charge in [0, 0.05) is 39.4 Å². The van der Waals surface area contributed by atoms with Gasteiger partial charge in [0.2, 0.25) is 0 Å². The van der Waals surface area contributed by atoms with Gasteiger partial charge < -0.3 is 19.7 Å². The van der Waals surface area contributed by atoms with E-state index >= 15 is 0 Å².